The molecule has 0 heterocycles. The number of carbonyl (C=O) groups is 1. The highest BCUT2D eigenvalue weighted by molar-refractivity contribution is 5.84. The van der Waals surface area contributed by atoms with Crippen molar-refractivity contribution in [3.63, 3.8) is 0 Å². The lowest BCUT2D eigenvalue weighted by Crippen LogP contribution is -2.33. The minimum absolute atomic E-state index is 0.0114. The second-order valence-electron chi connectivity index (χ2n) is 5.02. The van der Waals surface area contributed by atoms with Gasteiger partial charge in [0.1, 0.15) is 11.5 Å². The maximum atomic E-state index is 11.9. The van der Waals surface area contributed by atoms with Crippen molar-refractivity contribution < 1.29 is 19.2 Å². The zero-order chi connectivity index (χ0) is 18.2. The largest absolute Gasteiger partial charge is 0.497 e. The normalized spacial score (nSPS) is 11.8. The molecule has 0 bridgehead atoms. The smallest absolute Gasteiger partial charge is 0.280 e. The van der Waals surface area contributed by atoms with Gasteiger partial charge in [0, 0.05) is 12.1 Å². The summed E-state index contributed by atoms with van der Waals surface area (Å²) < 4.78 is 10.5. The summed E-state index contributed by atoms with van der Waals surface area (Å²) in [5, 5.41) is 14.4. The first-order valence-electron chi connectivity index (χ1n) is 7.37. The Morgan fingerprint density at radius 3 is 2.32 bits per heavy atom. The summed E-state index contributed by atoms with van der Waals surface area (Å²) in [6.45, 7) is 1.60. The van der Waals surface area contributed by atoms with E-state index in [1.807, 2.05) is 0 Å². The van der Waals surface area contributed by atoms with Crippen molar-refractivity contribution in [3.8, 4) is 11.5 Å². The lowest BCUT2D eigenvalue weighted by atomic mass is 10.2. The molecule has 0 spiro atoms. The van der Waals surface area contributed by atoms with Crippen LogP contribution in [0, 0.1) is 10.1 Å². The van der Waals surface area contributed by atoms with Gasteiger partial charge in [-0.2, -0.15) is 5.10 Å². The molecule has 0 saturated carbocycles. The minimum Gasteiger partial charge on any atom is -0.497 e. The Morgan fingerprint density at radius 1 is 1.16 bits per heavy atom. The van der Waals surface area contributed by atoms with E-state index < -0.39 is 16.9 Å². The molecule has 0 aliphatic heterocycles. The van der Waals surface area contributed by atoms with Crippen LogP contribution in [0.3, 0.4) is 0 Å². The molecule has 2 aromatic carbocycles. The van der Waals surface area contributed by atoms with Crippen LogP contribution in [-0.4, -0.2) is 30.3 Å². The molecule has 0 radical (unpaired) electrons. The van der Waals surface area contributed by atoms with Gasteiger partial charge in [0.25, 0.3) is 11.6 Å². The SMILES string of the molecule is COc1ccc(OC(C)C(=O)N/N=C/c2ccc([N+](=O)[O-])cc2)cc1. The van der Waals surface area contributed by atoms with Gasteiger partial charge in [0.05, 0.1) is 18.2 Å². The quantitative estimate of drug-likeness (QED) is 0.473. The molecule has 25 heavy (non-hydrogen) atoms. The molecule has 1 N–H and O–H groups in total. The molecule has 8 heteroatoms. The summed E-state index contributed by atoms with van der Waals surface area (Å²) in [7, 11) is 1.56. The zero-order valence-corrected chi connectivity index (χ0v) is 13.7. The second kappa shape index (κ2) is 8.44. The Bertz CT molecular complexity index is 757. The van der Waals surface area contributed by atoms with Gasteiger partial charge in [0.2, 0.25) is 0 Å². The van der Waals surface area contributed by atoms with Gasteiger partial charge in [-0.05, 0) is 48.9 Å². The van der Waals surface area contributed by atoms with Gasteiger partial charge in [-0.25, -0.2) is 5.43 Å². The van der Waals surface area contributed by atoms with Gasteiger partial charge < -0.3 is 9.47 Å². The molecule has 1 atom stereocenters. The predicted octanol–water partition coefficient (Wildman–Crippen LogP) is 2.52. The number of nitrogens with one attached hydrogen (secondary N) is 1. The third-order valence-electron chi connectivity index (χ3n) is 3.23. The van der Waals surface area contributed by atoms with Crippen molar-refractivity contribution in [1.82, 2.24) is 5.43 Å². The minimum atomic E-state index is -0.748. The highest BCUT2D eigenvalue weighted by atomic mass is 16.6. The maximum Gasteiger partial charge on any atom is 0.280 e. The number of rotatable bonds is 7. The van der Waals surface area contributed by atoms with E-state index >= 15 is 0 Å². The average molecular weight is 343 g/mol. The van der Waals surface area contributed by atoms with Crippen molar-refractivity contribution in [2.75, 3.05) is 7.11 Å². The Kier molecular flexibility index (Phi) is 6.05. The lowest BCUT2D eigenvalue weighted by Gasteiger charge is -2.13. The first-order valence-corrected chi connectivity index (χ1v) is 7.37. The summed E-state index contributed by atoms with van der Waals surface area (Å²) >= 11 is 0. The number of hydrazone groups is 1. The summed E-state index contributed by atoms with van der Waals surface area (Å²) in [6.07, 6.45) is 0.643. The van der Waals surface area contributed by atoms with Crippen LogP contribution in [0.25, 0.3) is 0 Å². The summed E-state index contributed by atoms with van der Waals surface area (Å²) in [5.41, 5.74) is 2.97. The van der Waals surface area contributed by atoms with Crippen LogP contribution in [0.1, 0.15) is 12.5 Å². The molecule has 130 valence electrons. The van der Waals surface area contributed by atoms with E-state index in [9.17, 15) is 14.9 Å². The van der Waals surface area contributed by atoms with E-state index in [1.165, 1.54) is 30.5 Å². The Labute approximate surface area is 144 Å². The maximum absolute atomic E-state index is 11.9. The molecule has 1 unspecified atom stereocenters. The molecule has 0 aromatic heterocycles. The summed E-state index contributed by atoms with van der Waals surface area (Å²) in [5.74, 6) is 0.800. The molecular formula is C17H17N3O5. The van der Waals surface area contributed by atoms with Crippen molar-refractivity contribution in [2.24, 2.45) is 5.10 Å². The van der Waals surface area contributed by atoms with E-state index in [2.05, 4.69) is 10.5 Å². The number of non-ortho nitro benzene ring substituents is 1. The standard InChI is InChI=1S/C17H17N3O5/c1-12(25-16-9-7-15(24-2)8-10-16)17(21)19-18-11-13-3-5-14(6-4-13)20(22)23/h3-12H,1-2H3,(H,19,21)/b18-11+. The number of benzene rings is 2. The van der Waals surface area contributed by atoms with Crippen LogP contribution in [0.15, 0.2) is 53.6 Å². The molecule has 2 rings (SSSR count). The molecule has 0 aliphatic rings. The van der Waals surface area contributed by atoms with E-state index in [4.69, 9.17) is 9.47 Å². The highest BCUT2D eigenvalue weighted by Crippen LogP contribution is 2.18. The van der Waals surface area contributed by atoms with E-state index in [-0.39, 0.29) is 5.69 Å². The molecule has 0 fully saturated rings. The summed E-state index contributed by atoms with van der Waals surface area (Å²) in [4.78, 5) is 22.0. The lowest BCUT2D eigenvalue weighted by molar-refractivity contribution is -0.384. The number of nitro groups is 1. The molecule has 8 nitrogen and oxygen atoms in total. The second-order valence-corrected chi connectivity index (χ2v) is 5.02. The van der Waals surface area contributed by atoms with E-state index in [1.54, 1.807) is 38.3 Å². The Morgan fingerprint density at radius 2 is 1.76 bits per heavy atom. The van der Waals surface area contributed by atoms with Gasteiger partial charge in [-0.3, -0.25) is 14.9 Å². The van der Waals surface area contributed by atoms with Crippen LogP contribution >= 0.6 is 0 Å². The number of amides is 1. The van der Waals surface area contributed by atoms with Gasteiger partial charge in [0.15, 0.2) is 6.10 Å². The highest BCUT2D eigenvalue weighted by Gasteiger charge is 2.13. The van der Waals surface area contributed by atoms with Gasteiger partial charge in [-0.15, -0.1) is 0 Å². The average Bonchev–Trinajstić information content (AvgIpc) is 2.62. The van der Waals surface area contributed by atoms with Crippen LogP contribution in [0.4, 0.5) is 5.69 Å². The monoisotopic (exact) mass is 343 g/mol. The van der Waals surface area contributed by atoms with Gasteiger partial charge in [-0.1, -0.05) is 0 Å². The van der Waals surface area contributed by atoms with Crippen molar-refractivity contribution in [3.05, 3.63) is 64.2 Å². The van der Waals surface area contributed by atoms with E-state index in [0.29, 0.717) is 17.1 Å². The molecule has 1 amide bonds. The van der Waals surface area contributed by atoms with E-state index in [0.717, 1.165) is 0 Å². The number of hydrogen-bond donors (Lipinski definition) is 1. The Balaban J connectivity index is 1.86. The number of methoxy groups -OCH3 is 1. The topological polar surface area (TPSA) is 103 Å². The van der Waals surface area contributed by atoms with Crippen molar-refractivity contribution in [2.45, 2.75) is 13.0 Å². The number of hydrogen-bond acceptors (Lipinski definition) is 6. The van der Waals surface area contributed by atoms with Crippen molar-refractivity contribution in [1.29, 1.82) is 0 Å². The molecule has 0 aliphatic carbocycles. The van der Waals surface area contributed by atoms with Crippen LogP contribution in [-0.2, 0) is 4.79 Å². The number of carbonyl (C=O) groups excluding carboxylic acids is 1. The third-order valence-corrected chi connectivity index (χ3v) is 3.23. The fourth-order valence-electron chi connectivity index (χ4n) is 1.86. The Hall–Kier alpha value is -3.42. The third kappa shape index (κ3) is 5.31. The summed E-state index contributed by atoms with van der Waals surface area (Å²) in [6, 6.07) is 12.6. The fraction of sp³-hybridized carbons (Fsp3) is 0.176. The predicted molar refractivity (Wildman–Crippen MR) is 91.9 cm³/mol. The number of nitro benzene ring substituents is 1. The molecule has 0 saturated heterocycles. The zero-order valence-electron chi connectivity index (χ0n) is 13.7. The van der Waals surface area contributed by atoms with Crippen LogP contribution in [0.5, 0.6) is 11.5 Å². The van der Waals surface area contributed by atoms with Crippen LogP contribution < -0.4 is 14.9 Å². The fourth-order valence-corrected chi connectivity index (χ4v) is 1.86. The number of nitrogens with zero attached hydrogens (tertiary/aromatic N) is 2. The van der Waals surface area contributed by atoms with Gasteiger partial charge >= 0.3 is 0 Å². The molecular weight excluding hydrogens is 326 g/mol. The molecule has 2 aromatic rings. The first kappa shape index (κ1) is 17.9. The number of ether oxygens (including phenoxy) is 2. The van der Waals surface area contributed by atoms with Crippen molar-refractivity contribution >= 4 is 17.8 Å². The first-order chi connectivity index (χ1) is 12.0. The van der Waals surface area contributed by atoms with Crippen LogP contribution in [0.2, 0.25) is 0 Å².